The number of carboxylic acid groups (broad SMARTS) is 1. The molecule has 5 rings (SSSR count). The summed E-state index contributed by atoms with van der Waals surface area (Å²) in [7, 11) is 0. The summed E-state index contributed by atoms with van der Waals surface area (Å²) in [5.41, 5.74) is 4.62. The average molecular weight is 523 g/mol. The van der Waals surface area contributed by atoms with Crippen molar-refractivity contribution in [2.24, 2.45) is 5.92 Å². The predicted octanol–water partition coefficient (Wildman–Crippen LogP) is 6.48. The zero-order chi connectivity index (χ0) is 27.7. The Morgan fingerprint density at radius 2 is 1.51 bits per heavy atom. The number of benzene rings is 4. The Morgan fingerprint density at radius 3 is 2.15 bits per heavy atom. The molecule has 0 unspecified atom stereocenters. The number of nitrogens with one attached hydrogen (secondary N) is 1. The molecule has 1 heterocycles. The molecule has 196 valence electrons. The second kappa shape index (κ2) is 10.5. The first-order valence-electron chi connectivity index (χ1n) is 12.7. The molecular weight excluding hydrogens is 495 g/mol. The SMILES string of the molecule is CC(C)[C@@H](C(=O)O)N1Cc2ccc(-c3ccc(NC(=O)c4ccc(-c5ccccc5)cc4)cc3F)cc2C1=O. The normalized spacial score (nSPS) is 13.3. The lowest BCUT2D eigenvalue weighted by Crippen LogP contribution is -2.44. The molecule has 39 heavy (non-hydrogen) atoms. The third kappa shape index (κ3) is 5.16. The Morgan fingerprint density at radius 1 is 0.846 bits per heavy atom. The van der Waals surface area contributed by atoms with Gasteiger partial charge < -0.3 is 15.3 Å². The van der Waals surface area contributed by atoms with Crippen LogP contribution in [0.3, 0.4) is 0 Å². The highest BCUT2D eigenvalue weighted by atomic mass is 19.1. The van der Waals surface area contributed by atoms with E-state index in [4.69, 9.17) is 0 Å². The molecule has 4 aromatic rings. The molecule has 1 aliphatic rings. The smallest absolute Gasteiger partial charge is 0.326 e. The lowest BCUT2D eigenvalue weighted by molar-refractivity contribution is -0.144. The maximum atomic E-state index is 15.2. The van der Waals surface area contributed by atoms with Crippen LogP contribution in [0.1, 0.15) is 40.1 Å². The lowest BCUT2D eigenvalue weighted by Gasteiger charge is -2.27. The summed E-state index contributed by atoms with van der Waals surface area (Å²) in [5, 5.41) is 12.3. The van der Waals surface area contributed by atoms with E-state index in [1.54, 1.807) is 56.3 Å². The van der Waals surface area contributed by atoms with Crippen LogP contribution in [0, 0.1) is 11.7 Å². The summed E-state index contributed by atoms with van der Waals surface area (Å²) >= 11 is 0. The zero-order valence-electron chi connectivity index (χ0n) is 21.5. The molecule has 0 spiro atoms. The van der Waals surface area contributed by atoms with Gasteiger partial charge in [-0.1, -0.05) is 68.4 Å². The molecule has 6 nitrogen and oxygen atoms in total. The van der Waals surface area contributed by atoms with Crippen molar-refractivity contribution < 1.29 is 23.9 Å². The number of aliphatic carboxylic acids is 1. The second-order valence-corrected chi connectivity index (χ2v) is 9.92. The van der Waals surface area contributed by atoms with E-state index in [0.29, 0.717) is 27.9 Å². The van der Waals surface area contributed by atoms with Crippen molar-refractivity contribution in [1.29, 1.82) is 0 Å². The summed E-state index contributed by atoms with van der Waals surface area (Å²) in [6.45, 7) is 3.72. The number of nitrogens with zero attached hydrogens (tertiary/aromatic N) is 1. The van der Waals surface area contributed by atoms with Crippen molar-refractivity contribution in [3.05, 3.63) is 114 Å². The van der Waals surface area contributed by atoms with Gasteiger partial charge in [0.15, 0.2) is 0 Å². The van der Waals surface area contributed by atoms with Gasteiger partial charge in [-0.15, -0.1) is 0 Å². The van der Waals surface area contributed by atoms with Gasteiger partial charge in [-0.3, -0.25) is 9.59 Å². The molecule has 7 heteroatoms. The molecule has 0 aliphatic carbocycles. The van der Waals surface area contributed by atoms with Gasteiger partial charge in [0.1, 0.15) is 11.9 Å². The van der Waals surface area contributed by atoms with Crippen molar-refractivity contribution in [1.82, 2.24) is 4.90 Å². The number of amides is 2. The van der Waals surface area contributed by atoms with Crippen LogP contribution in [-0.2, 0) is 11.3 Å². The van der Waals surface area contributed by atoms with Crippen molar-refractivity contribution in [2.45, 2.75) is 26.4 Å². The molecule has 0 bridgehead atoms. The van der Waals surface area contributed by atoms with E-state index in [1.165, 1.54) is 11.0 Å². The van der Waals surface area contributed by atoms with Crippen LogP contribution in [-0.4, -0.2) is 33.8 Å². The Kier molecular flexibility index (Phi) is 6.98. The van der Waals surface area contributed by atoms with Crippen LogP contribution < -0.4 is 5.32 Å². The summed E-state index contributed by atoms with van der Waals surface area (Å²) < 4.78 is 15.2. The number of rotatable bonds is 7. The molecule has 2 amide bonds. The van der Waals surface area contributed by atoms with E-state index in [2.05, 4.69) is 5.32 Å². The lowest BCUT2D eigenvalue weighted by atomic mass is 9.99. The molecule has 0 saturated carbocycles. The van der Waals surface area contributed by atoms with E-state index in [0.717, 1.165) is 11.1 Å². The molecule has 0 fully saturated rings. The predicted molar refractivity (Wildman–Crippen MR) is 148 cm³/mol. The Hall–Kier alpha value is -4.78. The van der Waals surface area contributed by atoms with E-state index >= 15 is 4.39 Å². The topological polar surface area (TPSA) is 86.7 Å². The van der Waals surface area contributed by atoms with E-state index in [-0.39, 0.29) is 29.8 Å². The van der Waals surface area contributed by atoms with Crippen LogP contribution in [0.25, 0.3) is 22.3 Å². The third-order valence-electron chi connectivity index (χ3n) is 6.95. The Labute approximate surface area is 225 Å². The highest BCUT2D eigenvalue weighted by molar-refractivity contribution is 6.05. The van der Waals surface area contributed by atoms with Crippen molar-refractivity contribution in [2.75, 3.05) is 5.32 Å². The van der Waals surface area contributed by atoms with Crippen LogP contribution in [0.4, 0.5) is 10.1 Å². The fourth-order valence-corrected chi connectivity index (χ4v) is 4.97. The van der Waals surface area contributed by atoms with Crippen LogP contribution >= 0.6 is 0 Å². The summed E-state index contributed by atoms with van der Waals surface area (Å²) in [6, 6.07) is 25.5. The van der Waals surface area contributed by atoms with E-state index < -0.39 is 17.8 Å². The second-order valence-electron chi connectivity index (χ2n) is 9.92. The molecular formula is C32H27FN2O4. The molecule has 1 atom stereocenters. The number of hydrogen-bond acceptors (Lipinski definition) is 3. The fraction of sp³-hybridized carbons (Fsp3) is 0.156. The Bertz CT molecular complexity index is 1570. The van der Waals surface area contributed by atoms with E-state index in [9.17, 15) is 19.5 Å². The number of fused-ring (bicyclic) bond motifs is 1. The molecule has 2 N–H and O–H groups in total. The number of hydrogen-bond donors (Lipinski definition) is 2. The van der Waals surface area contributed by atoms with Gasteiger partial charge in [0, 0.05) is 28.9 Å². The quantitative estimate of drug-likeness (QED) is 0.291. The largest absolute Gasteiger partial charge is 0.480 e. The monoisotopic (exact) mass is 522 g/mol. The number of carbonyl (C=O) groups is 3. The number of carboxylic acids is 1. The standard InChI is InChI=1S/C32H27FN2O4/c1-19(2)29(32(38)39)35-18-24-13-12-23(16-27(24)31(35)37)26-15-14-25(17-28(26)33)34-30(36)22-10-8-21(9-11-22)20-6-4-3-5-7-20/h3-17,19,29H,18H2,1-2H3,(H,34,36)(H,38,39)/t29-/m0/s1. The number of anilines is 1. The van der Waals surface area contributed by atoms with Gasteiger partial charge in [0.2, 0.25) is 0 Å². The van der Waals surface area contributed by atoms with Crippen molar-refractivity contribution >= 4 is 23.5 Å². The van der Waals surface area contributed by atoms with Gasteiger partial charge >= 0.3 is 5.97 Å². The summed E-state index contributed by atoms with van der Waals surface area (Å²) in [5.74, 6) is -2.61. The van der Waals surface area contributed by atoms with Crippen molar-refractivity contribution in [3.8, 4) is 22.3 Å². The average Bonchev–Trinajstić information content (AvgIpc) is 3.24. The number of carbonyl (C=O) groups excluding carboxylic acids is 2. The van der Waals surface area contributed by atoms with Gasteiger partial charge in [-0.2, -0.15) is 0 Å². The van der Waals surface area contributed by atoms with Gasteiger partial charge in [-0.05, 0) is 64.6 Å². The summed E-state index contributed by atoms with van der Waals surface area (Å²) in [4.78, 5) is 38.9. The highest BCUT2D eigenvalue weighted by Gasteiger charge is 2.38. The number of halogens is 1. The maximum Gasteiger partial charge on any atom is 0.326 e. The first kappa shape index (κ1) is 25.9. The minimum Gasteiger partial charge on any atom is -0.480 e. The van der Waals surface area contributed by atoms with E-state index in [1.807, 2.05) is 42.5 Å². The molecule has 0 aromatic heterocycles. The maximum absolute atomic E-state index is 15.2. The first-order chi connectivity index (χ1) is 18.7. The Balaban J connectivity index is 1.32. The molecule has 1 aliphatic heterocycles. The van der Waals surface area contributed by atoms with Gasteiger partial charge in [0.05, 0.1) is 0 Å². The molecule has 4 aromatic carbocycles. The third-order valence-corrected chi connectivity index (χ3v) is 6.95. The van der Waals surface area contributed by atoms with Crippen LogP contribution in [0.5, 0.6) is 0 Å². The summed E-state index contributed by atoms with van der Waals surface area (Å²) in [6.07, 6.45) is 0. The molecule has 0 radical (unpaired) electrons. The van der Waals surface area contributed by atoms with Crippen LogP contribution in [0.15, 0.2) is 91.0 Å². The first-order valence-corrected chi connectivity index (χ1v) is 12.7. The molecule has 0 saturated heterocycles. The van der Waals surface area contributed by atoms with Gasteiger partial charge in [0.25, 0.3) is 11.8 Å². The van der Waals surface area contributed by atoms with Crippen molar-refractivity contribution in [3.63, 3.8) is 0 Å². The minimum atomic E-state index is -1.05. The fourth-order valence-electron chi connectivity index (χ4n) is 4.97. The zero-order valence-corrected chi connectivity index (χ0v) is 21.5. The highest BCUT2D eigenvalue weighted by Crippen LogP contribution is 2.33. The van der Waals surface area contributed by atoms with Gasteiger partial charge in [-0.25, -0.2) is 9.18 Å². The minimum absolute atomic E-state index is 0.198. The van der Waals surface area contributed by atoms with Crippen LogP contribution in [0.2, 0.25) is 0 Å².